The molecule has 0 radical (unpaired) electrons. The molecular weight excluding hydrogens is 250 g/mol. The summed E-state index contributed by atoms with van der Waals surface area (Å²) < 4.78 is 0. The lowest BCUT2D eigenvalue weighted by molar-refractivity contribution is -0.120. The van der Waals surface area contributed by atoms with Crippen LogP contribution in [0.25, 0.3) is 0 Å². The van der Waals surface area contributed by atoms with Crippen LogP contribution in [0.2, 0.25) is 0 Å². The van der Waals surface area contributed by atoms with Crippen LogP contribution in [0.1, 0.15) is 20.3 Å². The minimum Gasteiger partial charge on any atom is -0.315 e. The van der Waals surface area contributed by atoms with E-state index in [2.05, 4.69) is 24.1 Å². The minimum atomic E-state index is 0.176. The molecule has 4 nitrogen and oxygen atoms in total. The van der Waals surface area contributed by atoms with E-state index in [1.165, 1.54) is 0 Å². The third-order valence-corrected chi connectivity index (χ3v) is 3.61. The maximum Gasteiger partial charge on any atom is 0.241 e. The second-order valence-electron chi connectivity index (χ2n) is 5.57. The van der Waals surface area contributed by atoms with Gasteiger partial charge in [0.2, 0.25) is 5.91 Å². The van der Waals surface area contributed by atoms with Gasteiger partial charge in [-0.1, -0.05) is 18.2 Å². The molecule has 1 aliphatic heterocycles. The smallest absolute Gasteiger partial charge is 0.241 e. The van der Waals surface area contributed by atoms with E-state index in [-0.39, 0.29) is 11.9 Å². The monoisotopic (exact) mass is 275 g/mol. The highest BCUT2D eigenvalue weighted by atomic mass is 16.2. The van der Waals surface area contributed by atoms with Gasteiger partial charge in [0.15, 0.2) is 0 Å². The van der Waals surface area contributed by atoms with E-state index < -0.39 is 0 Å². The van der Waals surface area contributed by atoms with Gasteiger partial charge < -0.3 is 10.2 Å². The average Bonchev–Trinajstić information content (AvgIpc) is 2.68. The standard InChI is InChI=1S/C16H25N3O/c1-14(2)19(15-7-4-3-5-8-15)16(20)13-18-11-6-9-17-10-12-18/h3-5,7-8,14,17H,6,9-13H2,1-2H3. The Kier molecular flexibility index (Phi) is 5.56. The number of amides is 1. The molecule has 1 aromatic carbocycles. The Morgan fingerprint density at radius 1 is 1.25 bits per heavy atom. The summed E-state index contributed by atoms with van der Waals surface area (Å²) in [6, 6.07) is 10.1. The van der Waals surface area contributed by atoms with E-state index in [1.54, 1.807) is 0 Å². The first-order valence-electron chi connectivity index (χ1n) is 7.48. The first-order valence-corrected chi connectivity index (χ1v) is 7.48. The zero-order chi connectivity index (χ0) is 14.4. The molecule has 1 heterocycles. The van der Waals surface area contributed by atoms with Crippen molar-refractivity contribution >= 4 is 11.6 Å². The summed E-state index contributed by atoms with van der Waals surface area (Å²) in [5.74, 6) is 0.188. The highest BCUT2D eigenvalue weighted by molar-refractivity contribution is 5.95. The van der Waals surface area contributed by atoms with Crippen LogP contribution in [-0.2, 0) is 4.79 Å². The summed E-state index contributed by atoms with van der Waals surface area (Å²) >= 11 is 0. The van der Waals surface area contributed by atoms with Gasteiger partial charge in [-0.25, -0.2) is 0 Å². The van der Waals surface area contributed by atoms with Gasteiger partial charge in [0.1, 0.15) is 0 Å². The fraction of sp³-hybridized carbons (Fsp3) is 0.562. The maximum atomic E-state index is 12.6. The van der Waals surface area contributed by atoms with Crippen LogP contribution in [0.5, 0.6) is 0 Å². The van der Waals surface area contributed by atoms with Gasteiger partial charge in [-0.3, -0.25) is 9.69 Å². The highest BCUT2D eigenvalue weighted by Gasteiger charge is 2.21. The summed E-state index contributed by atoms with van der Waals surface area (Å²) in [4.78, 5) is 16.8. The summed E-state index contributed by atoms with van der Waals surface area (Å²) in [6.07, 6.45) is 1.11. The lowest BCUT2D eigenvalue weighted by Gasteiger charge is -2.29. The molecule has 0 aromatic heterocycles. The van der Waals surface area contributed by atoms with Crippen LogP contribution < -0.4 is 10.2 Å². The number of carbonyl (C=O) groups is 1. The van der Waals surface area contributed by atoms with Crippen molar-refractivity contribution < 1.29 is 4.79 Å². The molecule has 0 saturated carbocycles. The number of nitrogens with zero attached hydrogens (tertiary/aromatic N) is 2. The lowest BCUT2D eigenvalue weighted by Crippen LogP contribution is -2.44. The quantitative estimate of drug-likeness (QED) is 0.909. The molecule has 0 atom stereocenters. The molecule has 0 unspecified atom stereocenters. The van der Waals surface area contributed by atoms with Gasteiger partial charge in [-0.15, -0.1) is 0 Å². The Hall–Kier alpha value is -1.39. The second-order valence-corrected chi connectivity index (χ2v) is 5.57. The van der Waals surface area contributed by atoms with Gasteiger partial charge in [0.05, 0.1) is 6.54 Å². The third kappa shape index (κ3) is 4.05. The van der Waals surface area contributed by atoms with Crippen molar-refractivity contribution in [2.75, 3.05) is 37.6 Å². The van der Waals surface area contributed by atoms with Crippen LogP contribution in [-0.4, -0.2) is 49.6 Å². The van der Waals surface area contributed by atoms with E-state index in [9.17, 15) is 4.79 Å². The molecule has 0 spiro atoms. The predicted octanol–water partition coefficient (Wildman–Crippen LogP) is 1.72. The number of hydrogen-bond acceptors (Lipinski definition) is 3. The van der Waals surface area contributed by atoms with E-state index in [0.29, 0.717) is 6.54 Å². The number of carbonyl (C=O) groups excluding carboxylic acids is 1. The van der Waals surface area contributed by atoms with Crippen molar-refractivity contribution in [1.29, 1.82) is 0 Å². The van der Waals surface area contributed by atoms with Crippen molar-refractivity contribution in [3.05, 3.63) is 30.3 Å². The Labute approximate surface area is 121 Å². The lowest BCUT2D eigenvalue weighted by atomic mass is 10.2. The predicted molar refractivity (Wildman–Crippen MR) is 83.0 cm³/mol. The van der Waals surface area contributed by atoms with Gasteiger partial charge in [0, 0.05) is 24.8 Å². The molecule has 0 aliphatic carbocycles. The van der Waals surface area contributed by atoms with Crippen LogP contribution in [0.4, 0.5) is 5.69 Å². The highest BCUT2D eigenvalue weighted by Crippen LogP contribution is 2.17. The van der Waals surface area contributed by atoms with E-state index in [0.717, 1.165) is 38.3 Å². The number of anilines is 1. The molecule has 1 aromatic rings. The number of benzene rings is 1. The molecule has 1 N–H and O–H groups in total. The molecule has 1 fully saturated rings. The fourth-order valence-corrected chi connectivity index (χ4v) is 2.65. The summed E-state index contributed by atoms with van der Waals surface area (Å²) in [5, 5.41) is 3.37. The van der Waals surface area contributed by atoms with Crippen LogP contribution in [0, 0.1) is 0 Å². The SMILES string of the molecule is CC(C)N(C(=O)CN1CCCNCC1)c1ccccc1. The van der Waals surface area contributed by atoms with Crippen molar-refractivity contribution in [1.82, 2.24) is 10.2 Å². The third-order valence-electron chi connectivity index (χ3n) is 3.61. The maximum absolute atomic E-state index is 12.6. The van der Waals surface area contributed by atoms with E-state index in [4.69, 9.17) is 0 Å². The summed E-state index contributed by atoms with van der Waals surface area (Å²) in [7, 11) is 0. The number of hydrogen-bond donors (Lipinski definition) is 1. The van der Waals surface area contributed by atoms with Crippen molar-refractivity contribution in [3.8, 4) is 0 Å². The molecule has 1 amide bonds. The van der Waals surface area contributed by atoms with E-state index in [1.807, 2.05) is 35.2 Å². The first kappa shape index (κ1) is 15.0. The van der Waals surface area contributed by atoms with Gasteiger partial charge in [-0.2, -0.15) is 0 Å². The zero-order valence-electron chi connectivity index (χ0n) is 12.5. The van der Waals surface area contributed by atoms with Gasteiger partial charge in [-0.05, 0) is 45.5 Å². The fourth-order valence-electron chi connectivity index (χ4n) is 2.65. The Morgan fingerprint density at radius 2 is 2.00 bits per heavy atom. The van der Waals surface area contributed by atoms with Gasteiger partial charge in [0.25, 0.3) is 0 Å². The van der Waals surface area contributed by atoms with Gasteiger partial charge >= 0.3 is 0 Å². The van der Waals surface area contributed by atoms with E-state index >= 15 is 0 Å². The Balaban J connectivity index is 2.03. The summed E-state index contributed by atoms with van der Waals surface area (Å²) in [6.45, 7) is 8.61. The molecule has 1 saturated heterocycles. The molecule has 20 heavy (non-hydrogen) atoms. The van der Waals surface area contributed by atoms with Crippen LogP contribution in [0.15, 0.2) is 30.3 Å². The molecule has 110 valence electrons. The largest absolute Gasteiger partial charge is 0.315 e. The number of rotatable bonds is 4. The Bertz CT molecular complexity index is 411. The molecule has 1 aliphatic rings. The second kappa shape index (κ2) is 7.41. The van der Waals surface area contributed by atoms with Crippen LogP contribution >= 0.6 is 0 Å². The number of nitrogens with one attached hydrogen (secondary N) is 1. The molecule has 4 heteroatoms. The number of para-hydroxylation sites is 1. The Morgan fingerprint density at radius 3 is 2.70 bits per heavy atom. The normalized spacial score (nSPS) is 16.9. The average molecular weight is 275 g/mol. The first-order chi connectivity index (χ1) is 9.68. The van der Waals surface area contributed by atoms with Crippen molar-refractivity contribution in [3.63, 3.8) is 0 Å². The van der Waals surface area contributed by atoms with Crippen molar-refractivity contribution in [2.45, 2.75) is 26.3 Å². The topological polar surface area (TPSA) is 35.6 Å². The zero-order valence-corrected chi connectivity index (χ0v) is 12.5. The molecule has 2 rings (SSSR count). The molecule has 0 bridgehead atoms. The van der Waals surface area contributed by atoms with Crippen LogP contribution in [0.3, 0.4) is 0 Å². The summed E-state index contributed by atoms with van der Waals surface area (Å²) in [5.41, 5.74) is 0.987. The minimum absolute atomic E-state index is 0.176. The molecular formula is C16H25N3O. The van der Waals surface area contributed by atoms with Crippen molar-refractivity contribution in [2.24, 2.45) is 0 Å².